The maximum Gasteiger partial charge on any atom is 0.242 e. The lowest BCUT2D eigenvalue weighted by molar-refractivity contribution is 0.138. The van der Waals surface area contributed by atoms with Crippen LogP contribution < -0.4 is 5.32 Å². The van der Waals surface area contributed by atoms with Crippen molar-refractivity contribution in [2.75, 3.05) is 38.7 Å². The van der Waals surface area contributed by atoms with Gasteiger partial charge in [-0.05, 0) is 43.5 Å². The van der Waals surface area contributed by atoms with Crippen LogP contribution in [-0.4, -0.2) is 46.1 Å². The predicted molar refractivity (Wildman–Crippen MR) is 79.6 cm³/mol. The molecule has 0 amide bonds. The van der Waals surface area contributed by atoms with Crippen LogP contribution in [0.4, 0.5) is 5.69 Å². The number of aryl methyl sites for hydroxylation is 1. The first kappa shape index (κ1) is 15.3. The van der Waals surface area contributed by atoms with E-state index in [-0.39, 0.29) is 0 Å². The largest absolute Gasteiger partial charge is 0.385 e. The Balaban J connectivity index is 2.16. The van der Waals surface area contributed by atoms with Crippen LogP contribution >= 0.6 is 0 Å². The molecule has 112 valence electrons. The monoisotopic (exact) mass is 298 g/mol. The average molecular weight is 298 g/mol. The van der Waals surface area contributed by atoms with E-state index in [2.05, 4.69) is 5.32 Å². The van der Waals surface area contributed by atoms with Gasteiger partial charge in [-0.2, -0.15) is 4.31 Å². The van der Waals surface area contributed by atoms with Crippen molar-refractivity contribution in [2.45, 2.75) is 24.7 Å². The number of hydrogen-bond donors (Lipinski definition) is 1. The average Bonchev–Trinajstić information content (AvgIpc) is 2.46. The van der Waals surface area contributed by atoms with E-state index in [4.69, 9.17) is 4.74 Å². The number of benzene rings is 1. The summed E-state index contributed by atoms with van der Waals surface area (Å²) in [5, 5.41) is 3.28. The highest BCUT2D eigenvalue weighted by Crippen LogP contribution is 2.26. The second kappa shape index (κ2) is 6.56. The predicted octanol–water partition coefficient (Wildman–Crippen LogP) is 1.70. The fourth-order valence-electron chi connectivity index (χ4n) is 2.25. The van der Waals surface area contributed by atoms with Gasteiger partial charge in [0.05, 0.1) is 11.5 Å². The van der Waals surface area contributed by atoms with Gasteiger partial charge in [0.1, 0.15) is 0 Å². The lowest BCUT2D eigenvalue weighted by Crippen LogP contribution is -2.30. The zero-order valence-corrected chi connectivity index (χ0v) is 12.9. The first-order valence-electron chi connectivity index (χ1n) is 6.96. The Labute approximate surface area is 121 Å². The molecule has 1 aliphatic rings. The quantitative estimate of drug-likeness (QED) is 0.812. The van der Waals surface area contributed by atoms with Gasteiger partial charge < -0.3 is 10.1 Å². The summed E-state index contributed by atoms with van der Waals surface area (Å²) in [6.45, 7) is 4.22. The molecule has 6 heteroatoms. The summed E-state index contributed by atoms with van der Waals surface area (Å²) in [6, 6.07) is 5.31. The molecule has 0 unspecified atom stereocenters. The molecule has 0 fully saturated rings. The van der Waals surface area contributed by atoms with Crippen molar-refractivity contribution < 1.29 is 13.2 Å². The van der Waals surface area contributed by atoms with Crippen molar-refractivity contribution in [1.82, 2.24) is 4.31 Å². The van der Waals surface area contributed by atoms with E-state index in [1.54, 1.807) is 19.2 Å². The third-order valence-corrected chi connectivity index (χ3v) is 5.33. The maximum atomic E-state index is 12.5. The Morgan fingerprint density at radius 3 is 2.95 bits per heavy atom. The third-order valence-electron chi connectivity index (χ3n) is 3.48. The molecule has 0 aromatic heterocycles. The van der Waals surface area contributed by atoms with Gasteiger partial charge in [0.25, 0.3) is 0 Å². The minimum atomic E-state index is -3.43. The highest BCUT2D eigenvalue weighted by atomic mass is 32.2. The van der Waals surface area contributed by atoms with Crippen molar-refractivity contribution in [1.29, 1.82) is 0 Å². The molecule has 1 aromatic carbocycles. The summed E-state index contributed by atoms with van der Waals surface area (Å²) >= 11 is 0. The Bertz CT molecular complexity index is 558. The third kappa shape index (κ3) is 3.31. The lowest BCUT2D eigenvalue weighted by atomic mass is 10.0. The molecule has 1 N–H and O–H groups in total. The van der Waals surface area contributed by atoms with Crippen LogP contribution in [0.1, 0.15) is 18.9 Å². The molecule has 0 saturated heterocycles. The number of rotatable bonds is 6. The minimum absolute atomic E-state index is 0.360. The zero-order chi connectivity index (χ0) is 14.6. The molecule has 0 atom stereocenters. The topological polar surface area (TPSA) is 58.6 Å². The Hall–Kier alpha value is -1.11. The molecule has 2 rings (SSSR count). The van der Waals surface area contributed by atoms with Gasteiger partial charge in [0, 0.05) is 32.4 Å². The van der Waals surface area contributed by atoms with Gasteiger partial charge in [-0.25, -0.2) is 8.42 Å². The van der Waals surface area contributed by atoms with E-state index in [9.17, 15) is 8.42 Å². The van der Waals surface area contributed by atoms with E-state index < -0.39 is 10.0 Å². The number of anilines is 1. The van der Waals surface area contributed by atoms with Gasteiger partial charge in [-0.3, -0.25) is 0 Å². The molecule has 1 heterocycles. The first-order chi connectivity index (χ1) is 9.55. The number of nitrogens with one attached hydrogen (secondary N) is 1. The van der Waals surface area contributed by atoms with Gasteiger partial charge in [-0.1, -0.05) is 0 Å². The minimum Gasteiger partial charge on any atom is -0.385 e. The molecule has 0 radical (unpaired) electrons. The molecular weight excluding hydrogens is 276 g/mol. The molecule has 1 aliphatic heterocycles. The molecular formula is C14H22N2O3S. The second-order valence-corrected chi connectivity index (χ2v) is 6.92. The second-order valence-electron chi connectivity index (χ2n) is 4.87. The highest BCUT2D eigenvalue weighted by molar-refractivity contribution is 7.89. The molecule has 0 spiro atoms. The fourth-order valence-corrected chi connectivity index (χ4v) is 3.46. The van der Waals surface area contributed by atoms with Crippen molar-refractivity contribution in [2.24, 2.45) is 0 Å². The summed E-state index contributed by atoms with van der Waals surface area (Å²) in [5.41, 5.74) is 2.13. The molecule has 20 heavy (non-hydrogen) atoms. The van der Waals surface area contributed by atoms with Gasteiger partial charge in [0.15, 0.2) is 0 Å². The van der Waals surface area contributed by atoms with Crippen LogP contribution in [-0.2, 0) is 21.2 Å². The summed E-state index contributed by atoms with van der Waals surface area (Å²) in [7, 11) is -1.84. The Morgan fingerprint density at radius 1 is 1.40 bits per heavy atom. The maximum absolute atomic E-state index is 12.5. The summed E-state index contributed by atoms with van der Waals surface area (Å²) < 4.78 is 31.5. The van der Waals surface area contributed by atoms with Gasteiger partial charge in [0.2, 0.25) is 10.0 Å². The standard InChI is InChI=1S/C14H22N2O3S/c1-3-19-10-9-16(2)20(17,18)13-6-7-14-12(11-13)5-4-8-15-14/h6-7,11,15H,3-5,8-10H2,1-2H3. The molecule has 0 bridgehead atoms. The normalized spacial score (nSPS) is 14.9. The zero-order valence-electron chi connectivity index (χ0n) is 12.1. The number of nitrogens with zero attached hydrogens (tertiary/aromatic N) is 1. The van der Waals surface area contributed by atoms with Crippen molar-refractivity contribution in [3.63, 3.8) is 0 Å². The van der Waals surface area contributed by atoms with Crippen LogP contribution in [0.3, 0.4) is 0 Å². The number of fused-ring (bicyclic) bond motifs is 1. The lowest BCUT2D eigenvalue weighted by Gasteiger charge is -2.21. The van der Waals surface area contributed by atoms with Crippen molar-refractivity contribution >= 4 is 15.7 Å². The van der Waals surface area contributed by atoms with Gasteiger partial charge >= 0.3 is 0 Å². The van der Waals surface area contributed by atoms with E-state index >= 15 is 0 Å². The van der Waals surface area contributed by atoms with Crippen LogP contribution in [0.15, 0.2) is 23.1 Å². The Kier molecular flexibility index (Phi) is 5.01. The van der Waals surface area contributed by atoms with Crippen LogP contribution in [0, 0.1) is 0 Å². The summed E-state index contributed by atoms with van der Waals surface area (Å²) in [4.78, 5) is 0.360. The van der Waals surface area contributed by atoms with Crippen molar-refractivity contribution in [3.05, 3.63) is 23.8 Å². The number of sulfonamides is 1. The van der Waals surface area contributed by atoms with E-state index in [1.165, 1.54) is 4.31 Å². The number of ether oxygens (including phenoxy) is 1. The number of likely N-dealkylation sites (N-methyl/N-ethyl adjacent to an activating group) is 1. The van der Waals surface area contributed by atoms with Gasteiger partial charge in [-0.15, -0.1) is 0 Å². The summed E-state index contributed by atoms with van der Waals surface area (Å²) in [5.74, 6) is 0. The van der Waals surface area contributed by atoms with Crippen molar-refractivity contribution in [3.8, 4) is 0 Å². The SMILES string of the molecule is CCOCCN(C)S(=O)(=O)c1ccc2c(c1)CCCN2. The van der Waals surface area contributed by atoms with Crippen LogP contribution in [0.5, 0.6) is 0 Å². The van der Waals surface area contributed by atoms with Crippen LogP contribution in [0.25, 0.3) is 0 Å². The number of hydrogen-bond acceptors (Lipinski definition) is 4. The summed E-state index contributed by atoms with van der Waals surface area (Å²) in [6.07, 6.45) is 1.96. The molecule has 1 aromatic rings. The first-order valence-corrected chi connectivity index (χ1v) is 8.40. The Morgan fingerprint density at radius 2 is 2.20 bits per heavy atom. The van der Waals surface area contributed by atoms with E-state index in [1.807, 2.05) is 13.0 Å². The molecule has 0 saturated carbocycles. The van der Waals surface area contributed by atoms with Crippen LogP contribution in [0.2, 0.25) is 0 Å². The fraction of sp³-hybridized carbons (Fsp3) is 0.571. The highest BCUT2D eigenvalue weighted by Gasteiger charge is 2.22. The molecule has 5 nitrogen and oxygen atoms in total. The smallest absolute Gasteiger partial charge is 0.242 e. The van der Waals surface area contributed by atoms with E-state index in [0.717, 1.165) is 30.6 Å². The molecule has 0 aliphatic carbocycles. The van der Waals surface area contributed by atoms with E-state index in [0.29, 0.717) is 24.7 Å².